The van der Waals surface area contributed by atoms with Crippen LogP contribution in [-0.4, -0.2) is 31.6 Å². The van der Waals surface area contributed by atoms with Crippen LogP contribution >= 0.6 is 0 Å². The van der Waals surface area contributed by atoms with Crippen LogP contribution in [0.1, 0.15) is 50.5 Å². The molecule has 1 saturated carbocycles. The summed E-state index contributed by atoms with van der Waals surface area (Å²) in [5.74, 6) is -0.799. The summed E-state index contributed by atoms with van der Waals surface area (Å²) in [6.45, 7) is 0. The van der Waals surface area contributed by atoms with Gasteiger partial charge in [-0.25, -0.2) is 17.9 Å². The molecule has 3 rings (SSSR count). The second kappa shape index (κ2) is 10.4. The van der Waals surface area contributed by atoms with Crippen molar-refractivity contribution in [3.05, 3.63) is 54.1 Å². The lowest BCUT2D eigenvalue weighted by molar-refractivity contribution is -0.137. The SMILES string of the molecule is O=C(O)CCCc1ccc(-c2ccc(S(=O)(=O)NC(=O)NC3CCCCC3)cc2)cc1. The quantitative estimate of drug-likeness (QED) is 0.568. The molecule has 0 atom stereocenters. The number of sulfonamides is 1. The van der Waals surface area contributed by atoms with Crippen LogP contribution < -0.4 is 10.0 Å². The van der Waals surface area contributed by atoms with Gasteiger partial charge in [-0.15, -0.1) is 0 Å². The van der Waals surface area contributed by atoms with E-state index in [0.717, 1.165) is 48.8 Å². The standard InChI is InChI=1S/C23H28N2O5S/c26-22(27)8-4-5-17-9-11-18(12-10-17)19-13-15-21(16-14-19)31(29,30)25-23(28)24-20-6-2-1-3-7-20/h9-16,20H,1-8H2,(H,26,27)(H2,24,25,28). The van der Waals surface area contributed by atoms with Crippen LogP contribution in [0.15, 0.2) is 53.4 Å². The fraction of sp³-hybridized carbons (Fsp3) is 0.391. The highest BCUT2D eigenvalue weighted by Crippen LogP contribution is 2.22. The number of amides is 2. The Balaban J connectivity index is 1.59. The minimum Gasteiger partial charge on any atom is -0.481 e. The molecular weight excluding hydrogens is 416 g/mol. The van der Waals surface area contributed by atoms with Gasteiger partial charge < -0.3 is 10.4 Å². The number of rotatable bonds is 8. The smallest absolute Gasteiger partial charge is 0.328 e. The molecule has 0 unspecified atom stereocenters. The minimum atomic E-state index is -3.94. The Morgan fingerprint density at radius 3 is 2.06 bits per heavy atom. The molecular formula is C23H28N2O5S. The predicted octanol–water partition coefficient (Wildman–Crippen LogP) is 4.08. The zero-order valence-corrected chi connectivity index (χ0v) is 18.2. The van der Waals surface area contributed by atoms with E-state index in [0.29, 0.717) is 12.8 Å². The number of aliphatic carboxylic acids is 1. The monoisotopic (exact) mass is 444 g/mol. The highest BCUT2D eigenvalue weighted by molar-refractivity contribution is 7.90. The molecule has 3 N–H and O–H groups in total. The lowest BCUT2D eigenvalue weighted by Crippen LogP contribution is -2.45. The maximum Gasteiger partial charge on any atom is 0.328 e. The summed E-state index contributed by atoms with van der Waals surface area (Å²) in [5, 5.41) is 11.5. The van der Waals surface area contributed by atoms with Crippen LogP contribution in [0.2, 0.25) is 0 Å². The summed E-state index contributed by atoms with van der Waals surface area (Å²) in [7, 11) is -3.94. The number of carbonyl (C=O) groups excluding carboxylic acids is 1. The minimum absolute atomic E-state index is 0.0263. The number of carbonyl (C=O) groups is 2. The number of nitrogens with one attached hydrogen (secondary N) is 2. The van der Waals surface area contributed by atoms with Gasteiger partial charge in [0.1, 0.15) is 0 Å². The maximum absolute atomic E-state index is 12.5. The van der Waals surface area contributed by atoms with Gasteiger partial charge in [0.25, 0.3) is 10.0 Å². The predicted molar refractivity (Wildman–Crippen MR) is 118 cm³/mol. The summed E-state index contributed by atoms with van der Waals surface area (Å²) in [6, 6.07) is 13.4. The topological polar surface area (TPSA) is 113 Å². The lowest BCUT2D eigenvalue weighted by Gasteiger charge is -2.22. The molecule has 1 aliphatic carbocycles. The first-order chi connectivity index (χ1) is 14.8. The molecule has 0 bridgehead atoms. The van der Waals surface area contributed by atoms with Crippen molar-refractivity contribution in [2.45, 2.75) is 62.3 Å². The van der Waals surface area contributed by atoms with E-state index >= 15 is 0 Å². The van der Waals surface area contributed by atoms with Gasteiger partial charge in [0.05, 0.1) is 4.90 Å². The van der Waals surface area contributed by atoms with Crippen molar-refractivity contribution in [1.29, 1.82) is 0 Å². The Morgan fingerprint density at radius 1 is 0.903 bits per heavy atom. The Morgan fingerprint density at radius 2 is 1.48 bits per heavy atom. The number of carboxylic acid groups (broad SMARTS) is 1. The molecule has 0 aliphatic heterocycles. The summed E-state index contributed by atoms with van der Waals surface area (Å²) in [4.78, 5) is 22.7. The van der Waals surface area contributed by atoms with Crippen LogP contribution in [0.5, 0.6) is 0 Å². The molecule has 7 nitrogen and oxygen atoms in total. The van der Waals surface area contributed by atoms with Crippen molar-refractivity contribution >= 4 is 22.0 Å². The number of carboxylic acids is 1. The highest BCUT2D eigenvalue weighted by atomic mass is 32.2. The summed E-state index contributed by atoms with van der Waals surface area (Å²) >= 11 is 0. The van der Waals surface area contributed by atoms with Crippen LogP contribution in [-0.2, 0) is 21.2 Å². The fourth-order valence-electron chi connectivity index (χ4n) is 3.78. The molecule has 0 aromatic heterocycles. The molecule has 1 aliphatic rings. The third-order valence-electron chi connectivity index (χ3n) is 5.48. The summed E-state index contributed by atoms with van der Waals surface area (Å²) in [5.41, 5.74) is 2.83. The molecule has 0 spiro atoms. The molecule has 2 aromatic rings. The van der Waals surface area contributed by atoms with Gasteiger partial charge in [-0.05, 0) is 54.5 Å². The van der Waals surface area contributed by atoms with Crippen molar-refractivity contribution in [3.8, 4) is 11.1 Å². The molecule has 2 amide bonds. The van der Waals surface area contributed by atoms with Crippen LogP contribution in [0.4, 0.5) is 4.79 Å². The van der Waals surface area contributed by atoms with Crippen molar-refractivity contribution in [1.82, 2.24) is 10.0 Å². The third kappa shape index (κ3) is 6.82. The second-order valence-corrected chi connectivity index (χ2v) is 9.56. The number of aryl methyl sites for hydroxylation is 1. The van der Waals surface area contributed by atoms with Gasteiger partial charge in [0.2, 0.25) is 0 Å². The number of hydrogen-bond acceptors (Lipinski definition) is 4. The van der Waals surface area contributed by atoms with E-state index in [2.05, 4.69) is 10.0 Å². The van der Waals surface area contributed by atoms with Crippen LogP contribution in [0.3, 0.4) is 0 Å². The molecule has 0 radical (unpaired) electrons. The molecule has 166 valence electrons. The van der Waals surface area contributed by atoms with E-state index < -0.39 is 22.0 Å². The lowest BCUT2D eigenvalue weighted by atomic mass is 9.96. The van der Waals surface area contributed by atoms with E-state index in [9.17, 15) is 18.0 Å². The normalized spacial score (nSPS) is 14.7. The van der Waals surface area contributed by atoms with Gasteiger partial charge in [-0.1, -0.05) is 55.7 Å². The number of hydrogen-bond donors (Lipinski definition) is 3. The highest BCUT2D eigenvalue weighted by Gasteiger charge is 2.21. The first-order valence-electron chi connectivity index (χ1n) is 10.6. The van der Waals surface area contributed by atoms with E-state index in [4.69, 9.17) is 5.11 Å². The largest absolute Gasteiger partial charge is 0.481 e. The Labute approximate surface area is 182 Å². The van der Waals surface area contributed by atoms with Crippen LogP contribution in [0, 0.1) is 0 Å². The Bertz CT molecular complexity index is 995. The van der Waals surface area contributed by atoms with Crippen molar-refractivity contribution in [3.63, 3.8) is 0 Å². The van der Waals surface area contributed by atoms with E-state index in [-0.39, 0.29) is 17.4 Å². The number of benzene rings is 2. The Kier molecular flexibility index (Phi) is 7.68. The van der Waals surface area contributed by atoms with Crippen molar-refractivity contribution in [2.75, 3.05) is 0 Å². The zero-order chi connectivity index (χ0) is 22.3. The van der Waals surface area contributed by atoms with Crippen molar-refractivity contribution in [2.24, 2.45) is 0 Å². The van der Waals surface area contributed by atoms with Gasteiger partial charge in [0.15, 0.2) is 0 Å². The van der Waals surface area contributed by atoms with Gasteiger partial charge in [-0.2, -0.15) is 0 Å². The average molecular weight is 445 g/mol. The van der Waals surface area contributed by atoms with Crippen molar-refractivity contribution < 1.29 is 23.1 Å². The maximum atomic E-state index is 12.5. The van der Waals surface area contributed by atoms with Gasteiger partial charge in [-0.3, -0.25) is 4.79 Å². The molecule has 1 fully saturated rings. The average Bonchev–Trinajstić information content (AvgIpc) is 2.74. The molecule has 8 heteroatoms. The third-order valence-corrected chi connectivity index (χ3v) is 6.82. The van der Waals surface area contributed by atoms with Gasteiger partial charge >= 0.3 is 12.0 Å². The van der Waals surface area contributed by atoms with E-state index in [1.165, 1.54) is 12.1 Å². The fourth-order valence-corrected chi connectivity index (χ4v) is 4.69. The number of urea groups is 1. The first-order valence-corrected chi connectivity index (χ1v) is 12.1. The van der Waals surface area contributed by atoms with E-state index in [1.807, 2.05) is 24.3 Å². The van der Waals surface area contributed by atoms with E-state index in [1.54, 1.807) is 12.1 Å². The van der Waals surface area contributed by atoms with Gasteiger partial charge in [0, 0.05) is 12.5 Å². The molecule has 0 heterocycles. The summed E-state index contributed by atoms with van der Waals surface area (Å²) < 4.78 is 27.1. The second-order valence-electron chi connectivity index (χ2n) is 7.88. The molecule has 0 saturated heterocycles. The Hall–Kier alpha value is -2.87. The first kappa shape index (κ1) is 22.8. The zero-order valence-electron chi connectivity index (χ0n) is 17.3. The van der Waals surface area contributed by atoms with Crippen LogP contribution in [0.25, 0.3) is 11.1 Å². The molecule has 2 aromatic carbocycles. The molecule has 31 heavy (non-hydrogen) atoms. The summed E-state index contributed by atoms with van der Waals surface area (Å²) in [6.07, 6.45) is 6.41.